The summed E-state index contributed by atoms with van der Waals surface area (Å²) in [4.78, 5) is 11.8. The second-order valence-electron chi connectivity index (χ2n) is 4.86. The van der Waals surface area contributed by atoms with Gasteiger partial charge in [-0.05, 0) is 40.7 Å². The van der Waals surface area contributed by atoms with E-state index in [-0.39, 0.29) is 11.7 Å². The molecule has 1 heterocycles. The van der Waals surface area contributed by atoms with Crippen molar-refractivity contribution in [2.45, 2.75) is 59.2 Å². The Morgan fingerprint density at radius 2 is 1.65 bits per heavy atom. The number of rotatable bonds is 1. The van der Waals surface area contributed by atoms with Crippen molar-refractivity contribution < 1.29 is 14.6 Å². The monoisotopic (exact) mass is 247 g/mol. The molecule has 1 N–H and O–H groups in total. The predicted octanol–water partition coefficient (Wildman–Crippen LogP) is 2.06. The molecule has 1 saturated heterocycles. The molecule has 0 atom stereocenters. The largest absolute Gasteiger partial charge is 0.462 e. The van der Waals surface area contributed by atoms with Crippen LogP contribution in [0.25, 0.3) is 0 Å². The van der Waals surface area contributed by atoms with Crippen molar-refractivity contribution in [2.75, 3.05) is 20.1 Å². The van der Waals surface area contributed by atoms with Gasteiger partial charge in [0.25, 0.3) is 6.47 Å². The normalized spacial score (nSPS) is 17.1. The van der Waals surface area contributed by atoms with Gasteiger partial charge in [0.1, 0.15) is 5.60 Å². The Labute approximate surface area is 106 Å². The first-order valence-electron chi connectivity index (χ1n) is 6.33. The average molecular weight is 247 g/mol. The van der Waals surface area contributed by atoms with Gasteiger partial charge in [-0.2, -0.15) is 0 Å². The topological polar surface area (TPSA) is 49.8 Å². The highest BCUT2D eigenvalue weighted by Crippen LogP contribution is 2.06. The van der Waals surface area contributed by atoms with Crippen LogP contribution in [0.1, 0.15) is 47.5 Å². The third kappa shape index (κ3) is 15.4. The number of ether oxygens (including phenoxy) is 1. The number of piperidine rings is 1. The Hall–Kier alpha value is -0.610. The molecule has 0 radical (unpaired) electrons. The van der Waals surface area contributed by atoms with Crippen molar-refractivity contribution in [2.24, 2.45) is 0 Å². The van der Waals surface area contributed by atoms with Crippen LogP contribution in [0, 0.1) is 0 Å². The van der Waals surface area contributed by atoms with E-state index in [1.165, 1.54) is 0 Å². The molecule has 104 valence electrons. The fourth-order valence-electron chi connectivity index (χ4n) is 1.14. The number of aliphatic hydroxyl groups excluding tert-OH is 1. The Kier molecular flexibility index (Phi) is 11.6. The smallest absolute Gasteiger partial charge is 0.293 e. The zero-order valence-corrected chi connectivity index (χ0v) is 12.2. The van der Waals surface area contributed by atoms with Crippen LogP contribution in [0.3, 0.4) is 0 Å². The molecule has 0 aliphatic carbocycles. The van der Waals surface area contributed by atoms with Gasteiger partial charge >= 0.3 is 0 Å². The van der Waals surface area contributed by atoms with E-state index >= 15 is 0 Å². The van der Waals surface area contributed by atoms with Crippen molar-refractivity contribution in [3.05, 3.63) is 0 Å². The predicted molar refractivity (Wildman–Crippen MR) is 71.0 cm³/mol. The number of hydrogen-bond acceptors (Lipinski definition) is 4. The highest BCUT2D eigenvalue weighted by Gasteiger charge is 2.12. The van der Waals surface area contributed by atoms with E-state index in [1.807, 2.05) is 34.6 Å². The van der Waals surface area contributed by atoms with E-state index in [2.05, 4.69) is 16.7 Å². The summed E-state index contributed by atoms with van der Waals surface area (Å²) in [5.41, 5.74) is -0.318. The quantitative estimate of drug-likeness (QED) is 0.721. The molecule has 0 aromatic heterocycles. The van der Waals surface area contributed by atoms with E-state index in [0.29, 0.717) is 6.47 Å². The summed E-state index contributed by atoms with van der Waals surface area (Å²) >= 11 is 0. The van der Waals surface area contributed by atoms with Gasteiger partial charge in [-0.3, -0.25) is 4.79 Å². The highest BCUT2D eigenvalue weighted by molar-refractivity contribution is 5.37. The van der Waals surface area contributed by atoms with Crippen LogP contribution < -0.4 is 0 Å². The second kappa shape index (κ2) is 10.5. The fraction of sp³-hybridized carbons (Fsp3) is 0.923. The summed E-state index contributed by atoms with van der Waals surface area (Å²) in [7, 11) is 2.09. The lowest BCUT2D eigenvalue weighted by atomic mass is 10.1. The maximum Gasteiger partial charge on any atom is 0.293 e. The minimum absolute atomic E-state index is 0.0220. The summed E-state index contributed by atoms with van der Waals surface area (Å²) < 4.78 is 4.55. The first-order valence-corrected chi connectivity index (χ1v) is 6.33. The Morgan fingerprint density at radius 1 is 1.24 bits per heavy atom. The minimum Gasteiger partial charge on any atom is -0.462 e. The number of nitrogens with zero attached hydrogens (tertiary/aromatic N) is 1. The van der Waals surface area contributed by atoms with Gasteiger partial charge in [-0.1, -0.05) is 13.8 Å². The number of aliphatic hydroxyl groups is 1. The van der Waals surface area contributed by atoms with Gasteiger partial charge in [0.15, 0.2) is 0 Å². The maximum absolute atomic E-state index is 9.60. The Balaban J connectivity index is 0. The molecule has 1 rings (SSSR count). The SMILES string of the molecule is CC.CC(C)(C)OC=O.CN1CCC(O)CC1. The van der Waals surface area contributed by atoms with Crippen molar-refractivity contribution >= 4 is 6.47 Å². The van der Waals surface area contributed by atoms with Crippen molar-refractivity contribution in [3.8, 4) is 0 Å². The lowest BCUT2D eigenvalue weighted by Gasteiger charge is -2.25. The molecule has 1 aliphatic heterocycles. The zero-order chi connectivity index (χ0) is 13.9. The van der Waals surface area contributed by atoms with Gasteiger partial charge in [-0.25, -0.2) is 0 Å². The van der Waals surface area contributed by atoms with Crippen LogP contribution in [0.2, 0.25) is 0 Å². The molecular weight excluding hydrogens is 218 g/mol. The summed E-state index contributed by atoms with van der Waals surface area (Å²) in [5.74, 6) is 0. The highest BCUT2D eigenvalue weighted by atomic mass is 16.5. The van der Waals surface area contributed by atoms with Crippen molar-refractivity contribution in [1.82, 2.24) is 4.90 Å². The van der Waals surface area contributed by atoms with Crippen LogP contribution in [-0.4, -0.2) is 48.3 Å². The molecule has 0 aromatic rings. The van der Waals surface area contributed by atoms with Crippen LogP contribution >= 0.6 is 0 Å². The van der Waals surface area contributed by atoms with Crippen LogP contribution in [0.15, 0.2) is 0 Å². The van der Waals surface area contributed by atoms with Gasteiger partial charge in [-0.15, -0.1) is 0 Å². The fourth-order valence-corrected chi connectivity index (χ4v) is 1.14. The molecule has 1 fully saturated rings. The van der Waals surface area contributed by atoms with Gasteiger partial charge < -0.3 is 14.7 Å². The van der Waals surface area contributed by atoms with Gasteiger partial charge in [0.05, 0.1) is 6.10 Å². The van der Waals surface area contributed by atoms with E-state index in [9.17, 15) is 4.79 Å². The molecule has 4 heteroatoms. The molecule has 0 amide bonds. The Bertz CT molecular complexity index is 160. The van der Waals surface area contributed by atoms with Crippen LogP contribution in [0.5, 0.6) is 0 Å². The summed E-state index contributed by atoms with van der Waals surface area (Å²) in [6, 6.07) is 0. The van der Waals surface area contributed by atoms with Gasteiger partial charge in [0.2, 0.25) is 0 Å². The summed E-state index contributed by atoms with van der Waals surface area (Å²) in [5, 5.41) is 9.00. The maximum atomic E-state index is 9.60. The average Bonchev–Trinajstić information content (AvgIpc) is 2.25. The van der Waals surface area contributed by atoms with Crippen LogP contribution in [0.4, 0.5) is 0 Å². The Morgan fingerprint density at radius 3 is 1.82 bits per heavy atom. The summed E-state index contributed by atoms with van der Waals surface area (Å²) in [6.45, 7) is 12.0. The van der Waals surface area contributed by atoms with E-state index in [1.54, 1.807) is 0 Å². The first kappa shape index (κ1) is 18.7. The number of hydrogen-bond donors (Lipinski definition) is 1. The van der Waals surface area contributed by atoms with E-state index in [0.717, 1.165) is 25.9 Å². The molecule has 0 spiro atoms. The zero-order valence-electron chi connectivity index (χ0n) is 12.2. The van der Waals surface area contributed by atoms with Crippen molar-refractivity contribution in [1.29, 1.82) is 0 Å². The van der Waals surface area contributed by atoms with Crippen molar-refractivity contribution in [3.63, 3.8) is 0 Å². The molecule has 1 aliphatic rings. The number of carbonyl (C=O) groups is 1. The minimum atomic E-state index is -0.318. The molecule has 0 aromatic carbocycles. The second-order valence-corrected chi connectivity index (χ2v) is 4.86. The van der Waals surface area contributed by atoms with E-state index in [4.69, 9.17) is 5.11 Å². The number of carbonyl (C=O) groups excluding carboxylic acids is 1. The third-order valence-corrected chi connectivity index (χ3v) is 2.09. The number of likely N-dealkylation sites (tertiary alicyclic amines) is 1. The molecule has 0 bridgehead atoms. The first-order chi connectivity index (χ1) is 7.85. The van der Waals surface area contributed by atoms with Gasteiger partial charge in [0, 0.05) is 13.1 Å². The summed E-state index contributed by atoms with van der Waals surface area (Å²) in [6.07, 6.45) is 1.89. The lowest BCUT2D eigenvalue weighted by Crippen LogP contribution is -2.32. The standard InChI is InChI=1S/C6H13NO.C5H10O2.C2H6/c1-7-4-2-6(8)3-5-7;1-5(2,3)7-4-6;1-2/h6,8H,2-5H2,1H3;4H,1-3H3;1-2H3. The molecule has 17 heavy (non-hydrogen) atoms. The molecule has 4 nitrogen and oxygen atoms in total. The lowest BCUT2D eigenvalue weighted by molar-refractivity contribution is -0.138. The van der Waals surface area contributed by atoms with Crippen LogP contribution in [-0.2, 0) is 9.53 Å². The molecule has 0 unspecified atom stereocenters. The van der Waals surface area contributed by atoms with E-state index < -0.39 is 0 Å². The molecule has 0 saturated carbocycles. The molecular formula is C13H29NO3. The third-order valence-electron chi connectivity index (χ3n) is 2.09.